The summed E-state index contributed by atoms with van der Waals surface area (Å²) in [6.07, 6.45) is 9.17. The minimum absolute atomic E-state index is 0.184. The molecule has 0 N–H and O–H groups in total. The van der Waals surface area contributed by atoms with Crippen molar-refractivity contribution in [1.29, 1.82) is 0 Å². The average molecular weight is 481 g/mol. The van der Waals surface area contributed by atoms with E-state index < -0.39 is 0 Å². The van der Waals surface area contributed by atoms with Crippen LogP contribution in [-0.4, -0.2) is 85.7 Å². The van der Waals surface area contributed by atoms with E-state index in [0.717, 1.165) is 43.3 Å². The molecule has 1 unspecified atom stereocenters. The summed E-state index contributed by atoms with van der Waals surface area (Å²) < 4.78 is 4.78. The van der Waals surface area contributed by atoms with Gasteiger partial charge in [-0.25, -0.2) is 0 Å². The van der Waals surface area contributed by atoms with E-state index >= 15 is 0 Å². The molecule has 0 aliphatic carbocycles. The third-order valence-corrected chi connectivity index (χ3v) is 7.44. The molecular weight excluding hydrogens is 440 g/mol. The first kappa shape index (κ1) is 25.4. The molecule has 4 rings (SSSR count). The van der Waals surface area contributed by atoms with Crippen LogP contribution in [-0.2, 0) is 22.6 Å². The number of methoxy groups -OCH3 is 1. The lowest BCUT2D eigenvalue weighted by Crippen LogP contribution is -2.45. The Morgan fingerprint density at radius 1 is 0.943 bits per heavy atom. The minimum Gasteiger partial charge on any atom is -0.469 e. The summed E-state index contributed by atoms with van der Waals surface area (Å²) in [6.45, 7) is 4.66. The van der Waals surface area contributed by atoms with Gasteiger partial charge < -0.3 is 14.5 Å². The van der Waals surface area contributed by atoms with Crippen molar-refractivity contribution >= 4 is 17.3 Å². The van der Waals surface area contributed by atoms with Crippen LogP contribution in [0.4, 0.5) is 11.4 Å². The van der Waals surface area contributed by atoms with Crippen molar-refractivity contribution in [3.8, 4) is 0 Å². The monoisotopic (exact) mass is 480 g/mol. The number of carbonyl (C=O) groups excluding carboxylic acids is 1. The summed E-state index contributed by atoms with van der Waals surface area (Å²) in [7, 11) is 7.60. The van der Waals surface area contributed by atoms with Gasteiger partial charge in [-0.3, -0.25) is 24.6 Å². The quantitative estimate of drug-likeness (QED) is 0.481. The number of rotatable bonds is 10. The number of ether oxygens (including phenoxy) is 1. The Morgan fingerprint density at radius 2 is 1.49 bits per heavy atom. The molecule has 0 spiro atoms. The van der Waals surface area contributed by atoms with Crippen LogP contribution in [0, 0.1) is 0 Å². The van der Waals surface area contributed by atoms with E-state index in [-0.39, 0.29) is 5.97 Å². The predicted molar refractivity (Wildman–Crippen MR) is 140 cm³/mol. The number of hydrogen-bond acceptors (Lipinski definition) is 8. The van der Waals surface area contributed by atoms with Gasteiger partial charge in [0.25, 0.3) is 0 Å². The highest BCUT2D eigenvalue weighted by Crippen LogP contribution is 2.32. The van der Waals surface area contributed by atoms with E-state index in [1.54, 1.807) is 0 Å². The van der Waals surface area contributed by atoms with Crippen molar-refractivity contribution in [3.05, 3.63) is 48.0 Å². The van der Waals surface area contributed by atoms with Gasteiger partial charge in [0, 0.05) is 76.6 Å². The molecule has 8 nitrogen and oxygen atoms in total. The molecule has 2 aromatic heterocycles. The Morgan fingerprint density at radius 3 is 2.03 bits per heavy atom. The van der Waals surface area contributed by atoms with Crippen LogP contribution < -0.4 is 9.80 Å². The van der Waals surface area contributed by atoms with Crippen LogP contribution >= 0.6 is 0 Å². The zero-order valence-corrected chi connectivity index (χ0v) is 21.7. The lowest BCUT2D eigenvalue weighted by molar-refractivity contribution is -0.140. The highest BCUT2D eigenvalue weighted by molar-refractivity contribution is 5.70. The molecule has 0 radical (unpaired) electrons. The summed E-state index contributed by atoms with van der Waals surface area (Å²) >= 11 is 0. The number of aromatic nitrogens is 2. The molecule has 0 bridgehead atoms. The maximum Gasteiger partial charge on any atom is 0.307 e. The lowest BCUT2D eigenvalue weighted by Gasteiger charge is -2.35. The highest BCUT2D eigenvalue weighted by Gasteiger charge is 2.37. The minimum atomic E-state index is -0.184. The van der Waals surface area contributed by atoms with Crippen molar-refractivity contribution in [1.82, 2.24) is 19.8 Å². The Hall–Kier alpha value is -2.71. The van der Waals surface area contributed by atoms with E-state index in [1.165, 1.54) is 38.5 Å². The van der Waals surface area contributed by atoms with Crippen molar-refractivity contribution < 1.29 is 9.53 Å². The highest BCUT2D eigenvalue weighted by atomic mass is 16.5. The first-order chi connectivity index (χ1) is 16.9. The molecule has 35 heavy (non-hydrogen) atoms. The molecule has 8 heteroatoms. The van der Waals surface area contributed by atoms with E-state index in [2.05, 4.69) is 61.9 Å². The predicted octanol–water partition coefficient (Wildman–Crippen LogP) is 3.17. The summed E-state index contributed by atoms with van der Waals surface area (Å²) in [4.78, 5) is 30.4. The first-order valence-electron chi connectivity index (χ1n) is 12.8. The van der Waals surface area contributed by atoms with E-state index in [1.807, 2.05) is 25.5 Å². The van der Waals surface area contributed by atoms with Gasteiger partial charge in [0.1, 0.15) is 0 Å². The van der Waals surface area contributed by atoms with Crippen LogP contribution in [0.25, 0.3) is 0 Å². The topological polar surface area (TPSA) is 65.0 Å². The van der Waals surface area contributed by atoms with Crippen LogP contribution in [0.5, 0.6) is 0 Å². The number of nitrogens with zero attached hydrogens (tertiary/aromatic N) is 6. The molecule has 2 atom stereocenters. The van der Waals surface area contributed by atoms with Crippen molar-refractivity contribution in [2.45, 2.75) is 57.3 Å². The average Bonchev–Trinajstić information content (AvgIpc) is 3.51. The van der Waals surface area contributed by atoms with Gasteiger partial charge in [-0.1, -0.05) is 0 Å². The Balaban J connectivity index is 1.40. The molecule has 2 fully saturated rings. The summed E-state index contributed by atoms with van der Waals surface area (Å²) in [6, 6.07) is 9.57. The fourth-order valence-corrected chi connectivity index (χ4v) is 5.49. The summed E-state index contributed by atoms with van der Waals surface area (Å²) in [5.74, 6) is -0.184. The van der Waals surface area contributed by atoms with Crippen LogP contribution in [0.3, 0.4) is 0 Å². The molecule has 0 amide bonds. The Labute approximate surface area is 209 Å². The fourth-order valence-electron chi connectivity index (χ4n) is 5.49. The Kier molecular flexibility index (Phi) is 8.57. The van der Waals surface area contributed by atoms with Gasteiger partial charge in [-0.15, -0.1) is 0 Å². The molecule has 2 aromatic rings. The third kappa shape index (κ3) is 6.49. The molecule has 2 aliphatic heterocycles. The molecular formula is C27H40N6O2. The smallest absolute Gasteiger partial charge is 0.307 e. The summed E-state index contributed by atoms with van der Waals surface area (Å²) in [5.41, 5.74) is 4.53. The number of likely N-dealkylation sites (tertiary alicyclic amines) is 2. The van der Waals surface area contributed by atoms with Gasteiger partial charge in [0.05, 0.1) is 24.9 Å². The molecule has 2 aliphatic rings. The summed E-state index contributed by atoms with van der Waals surface area (Å²) in [5, 5.41) is 0. The molecule has 0 saturated carbocycles. The van der Waals surface area contributed by atoms with Crippen LogP contribution in [0.15, 0.2) is 36.7 Å². The lowest BCUT2D eigenvalue weighted by atomic mass is 10.0. The third-order valence-electron chi connectivity index (χ3n) is 7.44. The first-order valence-corrected chi connectivity index (χ1v) is 12.8. The number of pyridine rings is 2. The van der Waals surface area contributed by atoms with Gasteiger partial charge >= 0.3 is 5.97 Å². The van der Waals surface area contributed by atoms with Gasteiger partial charge in [-0.05, 0) is 63.0 Å². The zero-order valence-electron chi connectivity index (χ0n) is 21.7. The maximum atomic E-state index is 11.5. The largest absolute Gasteiger partial charge is 0.469 e. The second-order valence-electron chi connectivity index (χ2n) is 10.0. The molecule has 2 saturated heterocycles. The van der Waals surface area contributed by atoms with E-state index in [0.29, 0.717) is 25.0 Å². The fraction of sp³-hybridized carbons (Fsp3) is 0.593. The number of carbonyl (C=O) groups is 1. The number of anilines is 2. The van der Waals surface area contributed by atoms with E-state index in [4.69, 9.17) is 4.74 Å². The van der Waals surface area contributed by atoms with Crippen LogP contribution in [0.1, 0.15) is 43.5 Å². The Bertz CT molecular complexity index is 984. The number of esters is 1. The van der Waals surface area contributed by atoms with Gasteiger partial charge in [-0.2, -0.15) is 0 Å². The molecule has 4 heterocycles. The normalized spacial score (nSPS) is 20.8. The zero-order chi connectivity index (χ0) is 24.8. The maximum absolute atomic E-state index is 11.5. The van der Waals surface area contributed by atoms with Crippen LogP contribution in [0.2, 0.25) is 0 Å². The van der Waals surface area contributed by atoms with Crippen molar-refractivity contribution in [2.24, 2.45) is 0 Å². The van der Waals surface area contributed by atoms with Gasteiger partial charge in [0.2, 0.25) is 0 Å². The molecule has 190 valence electrons. The standard InChI is InChI=1S/C27H40N6O2/c1-30(2)23-9-12-28-21(17-23)19-32-14-5-7-25(32)26-8-6-15-33(26)20-22-18-24(10-13-29-22)31(3)16-11-27(34)35-4/h9-10,12-13,17-18,25-26H,5-8,11,14-16,19-20H2,1-4H3/t25?,26-/m0/s1. The second kappa shape index (κ2) is 11.8. The molecule has 0 aromatic carbocycles. The SMILES string of the molecule is COC(=O)CCN(C)c1ccnc(CN2CCC[C@H]2C2CCCN2Cc2cc(N(C)C)ccn2)c1. The van der Waals surface area contributed by atoms with E-state index in [9.17, 15) is 4.79 Å². The number of hydrogen-bond donors (Lipinski definition) is 0. The second-order valence-corrected chi connectivity index (χ2v) is 10.0. The van der Waals surface area contributed by atoms with Gasteiger partial charge in [0.15, 0.2) is 0 Å². The van der Waals surface area contributed by atoms with Crippen molar-refractivity contribution in [3.63, 3.8) is 0 Å². The van der Waals surface area contributed by atoms with Crippen molar-refractivity contribution in [2.75, 3.05) is 57.7 Å².